The summed E-state index contributed by atoms with van der Waals surface area (Å²) in [5.74, 6) is -1.05. The number of amides is 1. The molecule has 0 aliphatic carbocycles. The second-order valence-corrected chi connectivity index (χ2v) is 6.34. The van der Waals surface area contributed by atoms with Crippen molar-refractivity contribution >= 4 is 12.1 Å². The maximum Gasteiger partial charge on any atom is 0.408 e. The lowest BCUT2D eigenvalue weighted by molar-refractivity contribution is -0.870. The minimum Gasteiger partial charge on any atom is -0.480 e. The number of carbonyl (C=O) groups is 2. The van der Waals surface area contributed by atoms with Gasteiger partial charge in [-0.15, -0.1) is 0 Å². The van der Waals surface area contributed by atoms with Crippen LogP contribution < -0.4 is 5.32 Å². The largest absolute Gasteiger partial charge is 0.480 e. The van der Waals surface area contributed by atoms with E-state index >= 15 is 0 Å². The van der Waals surface area contributed by atoms with Crippen LogP contribution in [0.4, 0.5) is 4.79 Å². The summed E-state index contributed by atoms with van der Waals surface area (Å²) >= 11 is 0. The number of carboxylic acids is 1. The highest BCUT2D eigenvalue weighted by Crippen LogP contribution is 2.07. The maximum atomic E-state index is 11.5. The van der Waals surface area contributed by atoms with Crippen molar-refractivity contribution < 1.29 is 23.9 Å². The van der Waals surface area contributed by atoms with Crippen molar-refractivity contribution in [2.75, 3.05) is 27.7 Å². The van der Waals surface area contributed by atoms with Gasteiger partial charge in [0.05, 0.1) is 27.7 Å². The zero-order chi connectivity index (χ0) is 14.6. The summed E-state index contributed by atoms with van der Waals surface area (Å²) < 4.78 is 5.67. The smallest absolute Gasteiger partial charge is 0.408 e. The van der Waals surface area contributed by atoms with Gasteiger partial charge in [-0.2, -0.15) is 0 Å². The fraction of sp³-hybridized carbons (Fsp3) is 0.833. The Kier molecular flexibility index (Phi) is 5.60. The molecule has 6 nitrogen and oxygen atoms in total. The van der Waals surface area contributed by atoms with Gasteiger partial charge in [0.15, 0.2) is 0 Å². The van der Waals surface area contributed by atoms with Crippen molar-refractivity contribution in [1.82, 2.24) is 5.32 Å². The van der Waals surface area contributed by atoms with E-state index in [2.05, 4.69) is 5.32 Å². The number of ether oxygens (including phenoxy) is 1. The molecule has 0 radical (unpaired) electrons. The number of hydrogen-bond donors (Lipinski definition) is 2. The van der Waals surface area contributed by atoms with E-state index in [0.29, 0.717) is 17.4 Å². The molecular weight excluding hydrogens is 236 g/mol. The highest BCUT2D eigenvalue weighted by atomic mass is 16.6. The molecule has 0 bridgehead atoms. The molecule has 0 aromatic rings. The van der Waals surface area contributed by atoms with Crippen LogP contribution in [0.5, 0.6) is 0 Å². The van der Waals surface area contributed by atoms with Crippen LogP contribution in [0.25, 0.3) is 0 Å². The standard InChI is InChI=1S/C12H24N2O4/c1-12(2,3)18-11(17)13-9(10(15)16)7-8-14(4,5)6/h9H,7-8H2,1-6H3,(H-,13,15,16,17)/p+1/t9-/m1/s1. The van der Waals surface area contributed by atoms with Gasteiger partial charge in [0, 0.05) is 6.42 Å². The minimum absolute atomic E-state index is 0.359. The molecule has 1 atom stereocenters. The number of nitrogens with one attached hydrogen (secondary N) is 1. The summed E-state index contributed by atoms with van der Waals surface area (Å²) in [6.45, 7) is 5.84. The van der Waals surface area contributed by atoms with Crippen molar-refractivity contribution in [1.29, 1.82) is 0 Å². The van der Waals surface area contributed by atoms with Crippen LogP contribution in [0, 0.1) is 0 Å². The van der Waals surface area contributed by atoms with E-state index in [4.69, 9.17) is 9.84 Å². The summed E-state index contributed by atoms with van der Waals surface area (Å²) in [6.07, 6.45) is -0.339. The van der Waals surface area contributed by atoms with Gasteiger partial charge < -0.3 is 19.6 Å². The summed E-state index contributed by atoms with van der Waals surface area (Å²) in [4.78, 5) is 22.5. The molecular formula is C12H25N2O4+. The predicted molar refractivity (Wildman–Crippen MR) is 68.3 cm³/mol. The molecule has 0 fully saturated rings. The highest BCUT2D eigenvalue weighted by Gasteiger charge is 2.25. The van der Waals surface area contributed by atoms with Crippen LogP contribution in [-0.2, 0) is 9.53 Å². The third-order valence-electron chi connectivity index (χ3n) is 2.08. The molecule has 0 heterocycles. The number of alkyl carbamates (subject to hydrolysis) is 1. The average molecular weight is 261 g/mol. The molecule has 0 spiro atoms. The van der Waals surface area contributed by atoms with Crippen LogP contribution >= 0.6 is 0 Å². The Labute approximate surface area is 109 Å². The van der Waals surface area contributed by atoms with E-state index < -0.39 is 23.7 Å². The molecule has 0 saturated carbocycles. The Morgan fingerprint density at radius 3 is 2.11 bits per heavy atom. The van der Waals surface area contributed by atoms with Gasteiger partial charge in [-0.05, 0) is 20.8 Å². The molecule has 0 saturated heterocycles. The van der Waals surface area contributed by atoms with E-state index in [9.17, 15) is 9.59 Å². The van der Waals surface area contributed by atoms with Gasteiger partial charge in [0.2, 0.25) is 0 Å². The van der Waals surface area contributed by atoms with Crippen molar-refractivity contribution in [3.63, 3.8) is 0 Å². The molecule has 0 aliphatic heterocycles. The van der Waals surface area contributed by atoms with Gasteiger partial charge in [-0.25, -0.2) is 9.59 Å². The number of quaternary nitrogens is 1. The molecule has 1 amide bonds. The van der Waals surface area contributed by atoms with Gasteiger partial charge in [0.25, 0.3) is 0 Å². The van der Waals surface area contributed by atoms with Crippen LogP contribution in [0.3, 0.4) is 0 Å². The summed E-state index contributed by atoms with van der Waals surface area (Å²) in [6, 6.07) is -0.919. The molecule has 0 rings (SSSR count). The van der Waals surface area contributed by atoms with Gasteiger partial charge in [-0.3, -0.25) is 0 Å². The van der Waals surface area contributed by atoms with Gasteiger partial charge in [-0.1, -0.05) is 0 Å². The van der Waals surface area contributed by atoms with Crippen molar-refractivity contribution in [3.8, 4) is 0 Å². The zero-order valence-corrected chi connectivity index (χ0v) is 12.1. The number of hydrogen-bond acceptors (Lipinski definition) is 3. The molecule has 0 unspecified atom stereocenters. The fourth-order valence-corrected chi connectivity index (χ4v) is 1.22. The zero-order valence-electron chi connectivity index (χ0n) is 12.1. The molecule has 0 aliphatic rings. The first kappa shape index (κ1) is 16.7. The first-order valence-corrected chi connectivity index (χ1v) is 5.93. The molecule has 6 heteroatoms. The number of aliphatic carboxylic acids is 1. The topological polar surface area (TPSA) is 75.6 Å². The first-order valence-electron chi connectivity index (χ1n) is 5.93. The highest BCUT2D eigenvalue weighted by molar-refractivity contribution is 5.79. The second kappa shape index (κ2) is 6.04. The quantitative estimate of drug-likeness (QED) is 0.726. The summed E-state index contributed by atoms with van der Waals surface area (Å²) in [5, 5.41) is 11.4. The number of nitrogens with zero attached hydrogens (tertiary/aromatic N) is 1. The normalized spacial score (nSPS) is 13.9. The molecule has 18 heavy (non-hydrogen) atoms. The van der Waals surface area contributed by atoms with Crippen LogP contribution in [0.2, 0.25) is 0 Å². The number of rotatable bonds is 5. The van der Waals surface area contributed by atoms with Crippen LogP contribution in [-0.4, -0.2) is 61.0 Å². The van der Waals surface area contributed by atoms with Crippen molar-refractivity contribution in [2.45, 2.75) is 38.8 Å². The first-order chi connectivity index (χ1) is 7.91. The minimum atomic E-state index is -1.05. The van der Waals surface area contributed by atoms with Crippen molar-refractivity contribution in [3.05, 3.63) is 0 Å². The Morgan fingerprint density at radius 2 is 1.78 bits per heavy atom. The summed E-state index contributed by atoms with van der Waals surface area (Å²) in [5.41, 5.74) is -0.632. The lowest BCUT2D eigenvalue weighted by Crippen LogP contribution is -2.46. The third kappa shape index (κ3) is 8.81. The van der Waals surface area contributed by atoms with Gasteiger partial charge >= 0.3 is 12.1 Å². The lowest BCUT2D eigenvalue weighted by Gasteiger charge is -2.26. The van der Waals surface area contributed by atoms with E-state index in [1.54, 1.807) is 20.8 Å². The van der Waals surface area contributed by atoms with Crippen LogP contribution in [0.1, 0.15) is 27.2 Å². The lowest BCUT2D eigenvalue weighted by atomic mass is 10.2. The van der Waals surface area contributed by atoms with E-state index in [-0.39, 0.29) is 0 Å². The predicted octanol–water partition coefficient (Wildman–Crippen LogP) is 1.06. The van der Waals surface area contributed by atoms with Crippen molar-refractivity contribution in [2.24, 2.45) is 0 Å². The molecule has 0 aromatic heterocycles. The van der Waals surface area contributed by atoms with E-state index in [1.165, 1.54) is 0 Å². The SMILES string of the molecule is CC(C)(C)OC(=O)N[C@H](CC[N+](C)(C)C)C(=O)O. The Bertz CT molecular complexity index is 302. The number of carbonyl (C=O) groups excluding carboxylic acids is 1. The van der Waals surface area contributed by atoms with E-state index in [0.717, 1.165) is 0 Å². The van der Waals surface area contributed by atoms with Crippen LogP contribution in [0.15, 0.2) is 0 Å². The Morgan fingerprint density at radius 1 is 1.28 bits per heavy atom. The monoisotopic (exact) mass is 261 g/mol. The average Bonchev–Trinajstić information content (AvgIpc) is 2.06. The third-order valence-corrected chi connectivity index (χ3v) is 2.08. The Balaban J connectivity index is 4.37. The second-order valence-electron chi connectivity index (χ2n) is 6.34. The molecule has 106 valence electrons. The molecule has 2 N–H and O–H groups in total. The fourth-order valence-electron chi connectivity index (χ4n) is 1.22. The summed E-state index contributed by atoms with van der Waals surface area (Å²) in [7, 11) is 5.89. The van der Waals surface area contributed by atoms with Gasteiger partial charge in [0.1, 0.15) is 11.6 Å². The van der Waals surface area contributed by atoms with E-state index in [1.807, 2.05) is 21.1 Å². The Hall–Kier alpha value is -1.30. The molecule has 0 aromatic carbocycles. The number of carboxylic acid groups (broad SMARTS) is 1. The maximum absolute atomic E-state index is 11.5.